The molecule has 0 spiro atoms. The summed E-state index contributed by atoms with van der Waals surface area (Å²) in [4.78, 5) is 10.8. The summed E-state index contributed by atoms with van der Waals surface area (Å²) in [6.07, 6.45) is 4.21. The Morgan fingerprint density at radius 1 is 1.75 bits per heavy atom. The molecule has 1 N–H and O–H groups in total. The Morgan fingerprint density at radius 2 is 2.50 bits per heavy atom. The van der Waals surface area contributed by atoms with Crippen LogP contribution in [0, 0.1) is 5.92 Å². The predicted molar refractivity (Wildman–Crippen MR) is 42.8 cm³/mol. The fourth-order valence-electron chi connectivity index (χ4n) is 1.98. The highest BCUT2D eigenvalue weighted by molar-refractivity contribution is 5.81. The van der Waals surface area contributed by atoms with Gasteiger partial charge in [-0.1, -0.05) is 6.08 Å². The van der Waals surface area contributed by atoms with Gasteiger partial charge >= 0.3 is 5.97 Å². The molecule has 0 aromatic rings. The van der Waals surface area contributed by atoms with Gasteiger partial charge in [-0.15, -0.1) is 6.58 Å². The molecular formula is C9H12O3. The lowest BCUT2D eigenvalue weighted by Gasteiger charge is -2.18. The van der Waals surface area contributed by atoms with Gasteiger partial charge in [-0.25, -0.2) is 4.79 Å². The van der Waals surface area contributed by atoms with Gasteiger partial charge in [-0.2, -0.15) is 0 Å². The van der Waals surface area contributed by atoms with Crippen molar-refractivity contribution in [3.05, 3.63) is 12.7 Å². The van der Waals surface area contributed by atoms with Gasteiger partial charge in [0, 0.05) is 0 Å². The number of epoxide rings is 1. The fraction of sp³-hybridized carbons (Fsp3) is 0.667. The molecule has 0 aromatic heterocycles. The fourth-order valence-corrected chi connectivity index (χ4v) is 1.98. The van der Waals surface area contributed by atoms with E-state index < -0.39 is 11.6 Å². The SMILES string of the molecule is C=CC1CCC2(C(=O)O)OC2C1. The molecule has 66 valence electrons. The largest absolute Gasteiger partial charge is 0.479 e. The minimum absolute atomic E-state index is 0.0493. The molecule has 2 rings (SSSR count). The molecule has 3 nitrogen and oxygen atoms in total. The maximum absolute atomic E-state index is 10.8. The van der Waals surface area contributed by atoms with Crippen molar-refractivity contribution >= 4 is 5.97 Å². The van der Waals surface area contributed by atoms with E-state index in [0.29, 0.717) is 12.3 Å². The van der Waals surface area contributed by atoms with Crippen LogP contribution in [0.25, 0.3) is 0 Å². The van der Waals surface area contributed by atoms with E-state index in [1.807, 2.05) is 6.08 Å². The van der Waals surface area contributed by atoms with Crippen molar-refractivity contribution < 1.29 is 14.6 Å². The smallest absolute Gasteiger partial charge is 0.338 e. The number of ether oxygens (including phenoxy) is 1. The Labute approximate surface area is 71.0 Å². The first-order valence-corrected chi connectivity index (χ1v) is 4.23. The van der Waals surface area contributed by atoms with Gasteiger partial charge in [0.15, 0.2) is 5.60 Å². The quantitative estimate of drug-likeness (QED) is 0.497. The Bertz CT molecular complexity index is 236. The zero-order valence-corrected chi connectivity index (χ0v) is 6.82. The van der Waals surface area contributed by atoms with E-state index in [9.17, 15) is 4.79 Å². The number of fused-ring (bicyclic) bond motifs is 1. The Kier molecular flexibility index (Phi) is 1.51. The average molecular weight is 168 g/mol. The van der Waals surface area contributed by atoms with Crippen molar-refractivity contribution in [3.8, 4) is 0 Å². The first kappa shape index (κ1) is 7.80. The summed E-state index contributed by atoms with van der Waals surface area (Å²) < 4.78 is 5.21. The van der Waals surface area contributed by atoms with E-state index in [2.05, 4.69) is 6.58 Å². The number of aliphatic carboxylic acids is 1. The minimum atomic E-state index is -0.806. The highest BCUT2D eigenvalue weighted by atomic mass is 16.6. The van der Waals surface area contributed by atoms with Crippen LogP contribution in [-0.2, 0) is 9.53 Å². The summed E-state index contributed by atoms with van der Waals surface area (Å²) in [5.41, 5.74) is -0.806. The normalized spacial score (nSPS) is 44.7. The summed E-state index contributed by atoms with van der Waals surface area (Å²) >= 11 is 0. The number of rotatable bonds is 2. The summed E-state index contributed by atoms with van der Waals surface area (Å²) in [6.45, 7) is 3.70. The molecule has 3 atom stereocenters. The van der Waals surface area contributed by atoms with Crippen LogP contribution in [0.15, 0.2) is 12.7 Å². The molecule has 1 heterocycles. The molecular weight excluding hydrogens is 156 g/mol. The highest BCUT2D eigenvalue weighted by Crippen LogP contribution is 2.49. The number of carboxylic acid groups (broad SMARTS) is 1. The van der Waals surface area contributed by atoms with Crippen molar-refractivity contribution in [3.63, 3.8) is 0 Å². The first-order chi connectivity index (χ1) is 5.69. The van der Waals surface area contributed by atoms with Crippen LogP contribution < -0.4 is 0 Å². The van der Waals surface area contributed by atoms with Crippen LogP contribution in [-0.4, -0.2) is 22.8 Å². The van der Waals surface area contributed by atoms with Crippen molar-refractivity contribution in [1.29, 1.82) is 0 Å². The average Bonchev–Trinajstić information content (AvgIpc) is 2.78. The zero-order chi connectivity index (χ0) is 8.77. The third kappa shape index (κ3) is 0.894. The van der Waals surface area contributed by atoms with Gasteiger partial charge in [0.2, 0.25) is 0 Å². The second kappa shape index (κ2) is 2.33. The molecule has 0 radical (unpaired) electrons. The first-order valence-electron chi connectivity index (χ1n) is 4.23. The van der Waals surface area contributed by atoms with Gasteiger partial charge in [-0.3, -0.25) is 0 Å². The van der Waals surface area contributed by atoms with Gasteiger partial charge in [0.1, 0.15) is 0 Å². The summed E-state index contributed by atoms with van der Waals surface area (Å²) in [5, 5.41) is 8.85. The molecule has 2 aliphatic rings. The third-order valence-corrected chi connectivity index (χ3v) is 2.91. The lowest BCUT2D eigenvalue weighted by Crippen LogP contribution is -2.31. The number of carbonyl (C=O) groups is 1. The molecule has 0 aromatic carbocycles. The molecule has 3 unspecified atom stereocenters. The van der Waals surface area contributed by atoms with Crippen LogP contribution in [0.2, 0.25) is 0 Å². The van der Waals surface area contributed by atoms with E-state index >= 15 is 0 Å². The van der Waals surface area contributed by atoms with Crippen LogP contribution in [0.3, 0.4) is 0 Å². The van der Waals surface area contributed by atoms with Crippen molar-refractivity contribution in [2.75, 3.05) is 0 Å². The standard InChI is InChI=1S/C9H12O3/c1-2-6-3-4-9(8(10)11)7(5-6)12-9/h2,6-7H,1,3-5H2,(H,10,11). The van der Waals surface area contributed by atoms with Crippen molar-refractivity contribution in [2.24, 2.45) is 5.92 Å². The molecule has 1 saturated carbocycles. The molecule has 1 aliphatic heterocycles. The van der Waals surface area contributed by atoms with E-state index in [1.165, 1.54) is 0 Å². The molecule has 1 aliphatic carbocycles. The van der Waals surface area contributed by atoms with Crippen molar-refractivity contribution in [1.82, 2.24) is 0 Å². The van der Waals surface area contributed by atoms with Crippen LogP contribution >= 0.6 is 0 Å². The van der Waals surface area contributed by atoms with E-state index in [-0.39, 0.29) is 6.10 Å². The monoisotopic (exact) mass is 168 g/mol. The third-order valence-electron chi connectivity index (χ3n) is 2.91. The van der Waals surface area contributed by atoms with Crippen LogP contribution in [0.5, 0.6) is 0 Å². The van der Waals surface area contributed by atoms with Gasteiger partial charge in [0.25, 0.3) is 0 Å². The number of hydrogen-bond donors (Lipinski definition) is 1. The van der Waals surface area contributed by atoms with E-state index in [0.717, 1.165) is 12.8 Å². The molecule has 3 heteroatoms. The molecule has 1 saturated heterocycles. The Morgan fingerprint density at radius 3 is 3.00 bits per heavy atom. The van der Waals surface area contributed by atoms with Gasteiger partial charge < -0.3 is 9.84 Å². The minimum Gasteiger partial charge on any atom is -0.479 e. The highest BCUT2D eigenvalue weighted by Gasteiger charge is 2.64. The number of carboxylic acids is 1. The molecule has 12 heavy (non-hydrogen) atoms. The van der Waals surface area contributed by atoms with Crippen LogP contribution in [0.1, 0.15) is 19.3 Å². The van der Waals surface area contributed by atoms with E-state index in [1.54, 1.807) is 0 Å². The number of hydrogen-bond acceptors (Lipinski definition) is 2. The lowest BCUT2D eigenvalue weighted by molar-refractivity contribution is -0.143. The van der Waals surface area contributed by atoms with Gasteiger partial charge in [0.05, 0.1) is 6.10 Å². The number of allylic oxidation sites excluding steroid dienone is 1. The maximum atomic E-state index is 10.8. The zero-order valence-electron chi connectivity index (χ0n) is 6.82. The lowest BCUT2D eigenvalue weighted by atomic mass is 9.82. The topological polar surface area (TPSA) is 49.8 Å². The molecule has 0 amide bonds. The van der Waals surface area contributed by atoms with Crippen molar-refractivity contribution in [2.45, 2.75) is 31.0 Å². The maximum Gasteiger partial charge on any atom is 0.338 e. The summed E-state index contributed by atoms with van der Waals surface area (Å²) in [6, 6.07) is 0. The van der Waals surface area contributed by atoms with Crippen LogP contribution in [0.4, 0.5) is 0 Å². The second-order valence-electron chi connectivity index (χ2n) is 3.57. The van der Waals surface area contributed by atoms with E-state index in [4.69, 9.17) is 9.84 Å². The molecule has 2 fully saturated rings. The predicted octanol–water partition coefficient (Wildman–Crippen LogP) is 1.19. The summed E-state index contributed by atoms with van der Waals surface area (Å²) in [5.74, 6) is -0.347. The Hall–Kier alpha value is -0.830. The second-order valence-corrected chi connectivity index (χ2v) is 3.57. The van der Waals surface area contributed by atoms with Gasteiger partial charge in [-0.05, 0) is 25.2 Å². The molecule has 0 bridgehead atoms. The summed E-state index contributed by atoms with van der Waals surface area (Å²) in [7, 11) is 0. The Balaban J connectivity index is 2.05.